The summed E-state index contributed by atoms with van der Waals surface area (Å²) in [5, 5.41) is 0. The second kappa shape index (κ2) is 6.99. The molecule has 2 aliphatic heterocycles. The molecule has 26 heavy (non-hydrogen) atoms. The number of rotatable bonds is 6. The SMILES string of the molecule is CCC(=O)CC[C@H](C(N)=O)N1C(=O)c2cc3c(cc2C1=O)CN(C)CC3. The Bertz CT molecular complexity index is 802. The monoisotopic (exact) mass is 357 g/mol. The van der Waals surface area contributed by atoms with Gasteiger partial charge in [-0.3, -0.25) is 24.1 Å². The molecule has 1 atom stereocenters. The van der Waals surface area contributed by atoms with Crippen LogP contribution in [0.5, 0.6) is 0 Å². The molecule has 0 saturated carbocycles. The molecular formula is C19H23N3O4. The average molecular weight is 357 g/mol. The second-order valence-electron chi connectivity index (χ2n) is 6.98. The number of likely N-dealkylation sites (N-methyl/N-ethyl adjacent to an activating group) is 1. The minimum atomic E-state index is -1.10. The van der Waals surface area contributed by atoms with Gasteiger partial charge in [-0.25, -0.2) is 0 Å². The van der Waals surface area contributed by atoms with E-state index in [9.17, 15) is 19.2 Å². The molecule has 7 nitrogen and oxygen atoms in total. The van der Waals surface area contributed by atoms with Gasteiger partial charge in [-0.05, 0) is 43.1 Å². The molecule has 0 saturated heterocycles. The minimum Gasteiger partial charge on any atom is -0.368 e. The van der Waals surface area contributed by atoms with Crippen molar-refractivity contribution in [3.63, 3.8) is 0 Å². The summed E-state index contributed by atoms with van der Waals surface area (Å²) >= 11 is 0. The van der Waals surface area contributed by atoms with Gasteiger partial charge in [0.05, 0.1) is 11.1 Å². The van der Waals surface area contributed by atoms with E-state index in [0.29, 0.717) is 24.1 Å². The molecule has 7 heteroatoms. The predicted octanol–water partition coefficient (Wildman–Crippen LogP) is 0.884. The Morgan fingerprint density at radius 2 is 1.77 bits per heavy atom. The molecular weight excluding hydrogens is 334 g/mol. The van der Waals surface area contributed by atoms with E-state index in [4.69, 9.17) is 5.73 Å². The van der Waals surface area contributed by atoms with Crippen LogP contribution in [0, 0.1) is 0 Å². The third kappa shape index (κ3) is 3.14. The number of benzene rings is 1. The zero-order valence-corrected chi connectivity index (χ0v) is 15.1. The second-order valence-corrected chi connectivity index (χ2v) is 6.98. The smallest absolute Gasteiger partial charge is 0.262 e. The normalized spacial score (nSPS) is 17.8. The van der Waals surface area contributed by atoms with Crippen molar-refractivity contribution in [2.24, 2.45) is 5.73 Å². The van der Waals surface area contributed by atoms with Gasteiger partial charge in [0.1, 0.15) is 11.8 Å². The number of ketones is 1. The highest BCUT2D eigenvalue weighted by molar-refractivity contribution is 6.23. The zero-order chi connectivity index (χ0) is 19.0. The van der Waals surface area contributed by atoms with Crippen LogP contribution in [-0.4, -0.2) is 52.9 Å². The van der Waals surface area contributed by atoms with E-state index >= 15 is 0 Å². The number of imide groups is 1. The highest BCUT2D eigenvalue weighted by atomic mass is 16.2. The van der Waals surface area contributed by atoms with Gasteiger partial charge in [0.15, 0.2) is 0 Å². The van der Waals surface area contributed by atoms with Crippen LogP contribution in [0.2, 0.25) is 0 Å². The van der Waals surface area contributed by atoms with Gasteiger partial charge in [0.2, 0.25) is 5.91 Å². The number of carbonyl (C=O) groups excluding carboxylic acids is 4. The maximum atomic E-state index is 12.8. The number of fused-ring (bicyclic) bond motifs is 2. The number of hydrogen-bond acceptors (Lipinski definition) is 5. The molecule has 1 aromatic rings. The molecule has 2 aliphatic rings. The van der Waals surface area contributed by atoms with Gasteiger partial charge in [-0.1, -0.05) is 6.92 Å². The van der Waals surface area contributed by atoms with E-state index in [-0.39, 0.29) is 18.6 Å². The highest BCUT2D eigenvalue weighted by Gasteiger charge is 2.42. The molecule has 2 N–H and O–H groups in total. The van der Waals surface area contributed by atoms with Crippen LogP contribution >= 0.6 is 0 Å². The number of nitrogens with zero attached hydrogens (tertiary/aromatic N) is 2. The standard InChI is InChI=1S/C19H23N3O4/c1-3-13(23)4-5-16(17(20)24)22-18(25)14-8-11-6-7-21(2)10-12(11)9-15(14)19(22)26/h8-9,16H,3-7,10H2,1-2H3,(H2,20,24)/t16-/m1/s1. The molecule has 138 valence electrons. The molecule has 2 heterocycles. The molecule has 0 aliphatic carbocycles. The number of Topliss-reactive ketones (excluding diaryl/α,β-unsaturated/α-hetero) is 1. The summed E-state index contributed by atoms with van der Waals surface area (Å²) in [6.45, 7) is 3.33. The fourth-order valence-corrected chi connectivity index (χ4v) is 3.61. The van der Waals surface area contributed by atoms with E-state index in [1.54, 1.807) is 19.1 Å². The lowest BCUT2D eigenvalue weighted by Crippen LogP contribution is -2.48. The van der Waals surface area contributed by atoms with Crippen LogP contribution in [-0.2, 0) is 22.6 Å². The van der Waals surface area contributed by atoms with Crippen molar-refractivity contribution in [3.05, 3.63) is 34.4 Å². The molecule has 1 aromatic carbocycles. The molecule has 3 amide bonds. The van der Waals surface area contributed by atoms with Crippen molar-refractivity contribution in [3.8, 4) is 0 Å². The number of primary amides is 1. The lowest BCUT2D eigenvalue weighted by atomic mass is 9.94. The fraction of sp³-hybridized carbons (Fsp3) is 0.474. The first kappa shape index (κ1) is 18.3. The van der Waals surface area contributed by atoms with Crippen molar-refractivity contribution in [2.75, 3.05) is 13.6 Å². The Hall–Kier alpha value is -2.54. The molecule has 0 aromatic heterocycles. The van der Waals surface area contributed by atoms with Crippen LogP contribution < -0.4 is 5.73 Å². The van der Waals surface area contributed by atoms with Crippen LogP contribution in [0.4, 0.5) is 0 Å². The van der Waals surface area contributed by atoms with Gasteiger partial charge in [-0.2, -0.15) is 0 Å². The van der Waals surface area contributed by atoms with Gasteiger partial charge in [-0.15, -0.1) is 0 Å². The maximum Gasteiger partial charge on any atom is 0.262 e. The molecule has 0 spiro atoms. The van der Waals surface area contributed by atoms with Crippen LogP contribution in [0.1, 0.15) is 58.0 Å². The lowest BCUT2D eigenvalue weighted by molar-refractivity contribution is -0.123. The summed E-state index contributed by atoms with van der Waals surface area (Å²) in [5.41, 5.74) is 8.17. The molecule has 0 unspecified atom stereocenters. The quantitative estimate of drug-likeness (QED) is 0.762. The van der Waals surface area contributed by atoms with Gasteiger partial charge in [0, 0.05) is 25.9 Å². The summed E-state index contributed by atoms with van der Waals surface area (Å²) in [7, 11) is 2.00. The fourth-order valence-electron chi connectivity index (χ4n) is 3.61. The molecule has 3 rings (SSSR count). The average Bonchev–Trinajstić information content (AvgIpc) is 2.84. The zero-order valence-electron chi connectivity index (χ0n) is 15.1. The number of hydrogen-bond donors (Lipinski definition) is 1. The first-order valence-corrected chi connectivity index (χ1v) is 8.86. The van der Waals surface area contributed by atoms with Gasteiger partial charge >= 0.3 is 0 Å². The van der Waals surface area contributed by atoms with Crippen molar-refractivity contribution in [1.82, 2.24) is 9.80 Å². The van der Waals surface area contributed by atoms with Crippen molar-refractivity contribution in [1.29, 1.82) is 0 Å². The van der Waals surface area contributed by atoms with Crippen LogP contribution in [0.25, 0.3) is 0 Å². The predicted molar refractivity (Wildman–Crippen MR) is 94.5 cm³/mol. The third-order valence-electron chi connectivity index (χ3n) is 5.17. The van der Waals surface area contributed by atoms with Crippen molar-refractivity contribution >= 4 is 23.5 Å². The Morgan fingerprint density at radius 3 is 2.35 bits per heavy atom. The first-order valence-electron chi connectivity index (χ1n) is 8.86. The van der Waals surface area contributed by atoms with Crippen molar-refractivity contribution < 1.29 is 19.2 Å². The largest absolute Gasteiger partial charge is 0.368 e. The van der Waals surface area contributed by atoms with Crippen LogP contribution in [0.3, 0.4) is 0 Å². The Kier molecular flexibility index (Phi) is 4.91. The highest BCUT2D eigenvalue weighted by Crippen LogP contribution is 2.31. The van der Waals surface area contributed by atoms with Crippen LogP contribution in [0.15, 0.2) is 12.1 Å². The minimum absolute atomic E-state index is 0.0358. The Morgan fingerprint density at radius 1 is 1.15 bits per heavy atom. The van der Waals surface area contributed by atoms with E-state index < -0.39 is 23.8 Å². The number of nitrogens with two attached hydrogens (primary N) is 1. The van der Waals surface area contributed by atoms with E-state index in [2.05, 4.69) is 4.90 Å². The number of carbonyl (C=O) groups is 4. The Balaban J connectivity index is 1.92. The van der Waals surface area contributed by atoms with E-state index in [1.165, 1.54) is 0 Å². The number of amides is 3. The van der Waals surface area contributed by atoms with Crippen molar-refractivity contribution in [2.45, 2.75) is 45.2 Å². The summed E-state index contributed by atoms with van der Waals surface area (Å²) in [4.78, 5) is 52.2. The topological polar surface area (TPSA) is 101 Å². The van der Waals surface area contributed by atoms with Gasteiger partial charge < -0.3 is 10.6 Å². The molecule has 0 bridgehead atoms. The Labute approximate surface area is 152 Å². The van der Waals surface area contributed by atoms with Gasteiger partial charge in [0.25, 0.3) is 11.8 Å². The first-order chi connectivity index (χ1) is 12.3. The van der Waals surface area contributed by atoms with E-state index in [1.807, 2.05) is 7.05 Å². The third-order valence-corrected chi connectivity index (χ3v) is 5.17. The summed E-state index contributed by atoms with van der Waals surface area (Å²) in [6, 6.07) is 2.43. The molecule has 0 radical (unpaired) electrons. The lowest BCUT2D eigenvalue weighted by Gasteiger charge is -2.25. The summed E-state index contributed by atoms with van der Waals surface area (Å²) in [6.07, 6.45) is 1.33. The molecule has 0 fully saturated rings. The van der Waals surface area contributed by atoms with E-state index in [0.717, 1.165) is 29.0 Å². The maximum absolute atomic E-state index is 12.8. The summed E-state index contributed by atoms with van der Waals surface area (Å²) in [5.74, 6) is -1.81. The summed E-state index contributed by atoms with van der Waals surface area (Å²) < 4.78 is 0.